The zero-order valence-electron chi connectivity index (χ0n) is 8.99. The highest BCUT2D eigenvalue weighted by molar-refractivity contribution is 8.22. The zero-order valence-corrected chi connectivity index (χ0v) is 11.5. The average Bonchev–Trinajstić information content (AvgIpc) is 2.10. The van der Waals surface area contributed by atoms with Gasteiger partial charge in [0, 0.05) is 0 Å². The lowest BCUT2D eigenvalue weighted by Gasteiger charge is -2.15. The fraction of sp³-hybridized carbons (Fsp3) is 0.400. The van der Waals surface area contributed by atoms with Gasteiger partial charge in [0.2, 0.25) is 0 Å². The van der Waals surface area contributed by atoms with Gasteiger partial charge in [-0.3, -0.25) is 0 Å². The van der Waals surface area contributed by atoms with E-state index in [0.29, 0.717) is 12.4 Å². The van der Waals surface area contributed by atoms with E-state index in [9.17, 15) is 0 Å². The second-order valence-electron chi connectivity index (χ2n) is 3.19. The Bertz CT molecular complexity index is 395. The van der Waals surface area contributed by atoms with E-state index in [1.807, 2.05) is 39.0 Å². The molecule has 5 heteroatoms. The van der Waals surface area contributed by atoms with Crippen LogP contribution in [0, 0.1) is 13.8 Å². The van der Waals surface area contributed by atoms with Crippen molar-refractivity contribution in [1.29, 1.82) is 0 Å². The molecule has 1 rings (SSSR count). The molecule has 1 unspecified atom stereocenters. The molecule has 0 aromatic heterocycles. The Labute approximate surface area is 101 Å². The van der Waals surface area contributed by atoms with Gasteiger partial charge in [-0.2, -0.15) is 0 Å². The summed E-state index contributed by atoms with van der Waals surface area (Å²) in [7, 11) is 0. The van der Waals surface area contributed by atoms with Crippen LogP contribution in [0.25, 0.3) is 0 Å². The lowest BCUT2D eigenvalue weighted by molar-refractivity contribution is 0.343. The Kier molecular flexibility index (Phi) is 4.60. The van der Waals surface area contributed by atoms with Crippen molar-refractivity contribution in [3.8, 4) is 5.75 Å². The standard InChI is InChI=1S/C10H14ClO2PS/c1-4-12-14(11,15)13-10-6-5-8(2)9(3)7-10/h5-7H,4H2,1-3H3. The lowest BCUT2D eigenvalue weighted by atomic mass is 10.1. The van der Waals surface area contributed by atoms with Crippen LogP contribution in [-0.4, -0.2) is 6.61 Å². The second kappa shape index (κ2) is 5.31. The molecule has 0 radical (unpaired) electrons. The molecule has 1 atom stereocenters. The molecule has 0 aliphatic rings. The van der Waals surface area contributed by atoms with Crippen molar-refractivity contribution in [2.24, 2.45) is 0 Å². The minimum absolute atomic E-state index is 0.464. The number of hydrogen-bond acceptors (Lipinski definition) is 3. The molecule has 1 aromatic rings. The molecule has 15 heavy (non-hydrogen) atoms. The molecule has 0 bridgehead atoms. The van der Waals surface area contributed by atoms with Crippen LogP contribution >= 0.6 is 17.1 Å². The van der Waals surface area contributed by atoms with Gasteiger partial charge in [-0.15, -0.1) is 0 Å². The maximum Gasteiger partial charge on any atom is 0.332 e. The molecule has 0 saturated heterocycles. The maximum atomic E-state index is 5.94. The summed E-state index contributed by atoms with van der Waals surface area (Å²) >= 11 is 11.0. The summed E-state index contributed by atoms with van der Waals surface area (Å²) in [5.41, 5.74) is 2.36. The zero-order chi connectivity index (χ0) is 11.5. The van der Waals surface area contributed by atoms with Crippen LogP contribution in [0.15, 0.2) is 18.2 Å². The molecular formula is C10H14ClO2PS. The molecule has 2 nitrogen and oxygen atoms in total. The first-order valence-corrected chi connectivity index (χ1v) is 8.20. The lowest BCUT2D eigenvalue weighted by Crippen LogP contribution is -1.92. The molecular weight excluding hydrogens is 251 g/mol. The summed E-state index contributed by atoms with van der Waals surface area (Å²) in [5, 5.41) is 0. The molecule has 0 heterocycles. The van der Waals surface area contributed by atoms with Crippen LogP contribution in [0.3, 0.4) is 0 Å². The number of halogens is 1. The summed E-state index contributed by atoms with van der Waals surface area (Å²) in [5.74, 6) is -1.97. The van der Waals surface area contributed by atoms with Crippen LogP contribution in [0.1, 0.15) is 18.1 Å². The Balaban J connectivity index is 2.81. The van der Waals surface area contributed by atoms with Crippen molar-refractivity contribution in [2.75, 3.05) is 6.61 Å². The monoisotopic (exact) mass is 264 g/mol. The molecule has 0 saturated carbocycles. The van der Waals surface area contributed by atoms with Crippen molar-refractivity contribution < 1.29 is 9.05 Å². The third-order valence-corrected chi connectivity index (χ3v) is 4.01. The molecule has 0 aliphatic heterocycles. The average molecular weight is 265 g/mol. The Hall–Kier alpha value is -0.0800. The molecule has 1 aromatic carbocycles. The first kappa shape index (κ1) is 13.0. The fourth-order valence-electron chi connectivity index (χ4n) is 1.08. The van der Waals surface area contributed by atoms with E-state index in [2.05, 4.69) is 0 Å². The van der Waals surface area contributed by atoms with Crippen molar-refractivity contribution in [2.45, 2.75) is 20.8 Å². The minimum Gasteiger partial charge on any atom is -0.433 e. The van der Waals surface area contributed by atoms with E-state index in [0.717, 1.165) is 5.56 Å². The van der Waals surface area contributed by atoms with Crippen LogP contribution in [0.5, 0.6) is 5.75 Å². The van der Waals surface area contributed by atoms with Crippen molar-refractivity contribution in [1.82, 2.24) is 0 Å². The van der Waals surface area contributed by atoms with Crippen molar-refractivity contribution in [3.63, 3.8) is 0 Å². The topological polar surface area (TPSA) is 18.5 Å². The van der Waals surface area contributed by atoms with Gasteiger partial charge >= 0.3 is 5.84 Å². The summed E-state index contributed by atoms with van der Waals surface area (Å²) < 4.78 is 10.6. The maximum absolute atomic E-state index is 5.94. The van der Waals surface area contributed by atoms with E-state index < -0.39 is 5.84 Å². The van der Waals surface area contributed by atoms with Crippen molar-refractivity contribution in [3.05, 3.63) is 29.3 Å². The second-order valence-corrected chi connectivity index (χ2v) is 7.87. The van der Waals surface area contributed by atoms with E-state index >= 15 is 0 Å². The Morgan fingerprint density at radius 3 is 2.53 bits per heavy atom. The van der Waals surface area contributed by atoms with Gasteiger partial charge in [0.25, 0.3) is 0 Å². The third kappa shape index (κ3) is 4.12. The van der Waals surface area contributed by atoms with E-state index in [1.165, 1.54) is 5.56 Å². The largest absolute Gasteiger partial charge is 0.433 e. The highest BCUT2D eigenvalue weighted by atomic mass is 35.7. The summed E-state index contributed by atoms with van der Waals surface area (Å²) in [6, 6.07) is 5.74. The summed E-state index contributed by atoms with van der Waals surface area (Å²) in [6.45, 7) is 6.36. The first-order chi connectivity index (χ1) is 6.94. The van der Waals surface area contributed by atoms with E-state index in [4.69, 9.17) is 32.1 Å². The Morgan fingerprint density at radius 1 is 1.33 bits per heavy atom. The SMILES string of the molecule is CCOP(=S)(Cl)Oc1ccc(C)c(C)c1. The van der Waals surface area contributed by atoms with Crippen LogP contribution in [-0.2, 0) is 16.3 Å². The van der Waals surface area contributed by atoms with Crippen LogP contribution in [0.4, 0.5) is 0 Å². The summed E-state index contributed by atoms with van der Waals surface area (Å²) in [6.07, 6.45) is 0. The first-order valence-electron chi connectivity index (χ1n) is 4.65. The van der Waals surface area contributed by atoms with Gasteiger partial charge in [-0.05, 0) is 67.1 Å². The quantitative estimate of drug-likeness (QED) is 0.760. The van der Waals surface area contributed by atoms with Gasteiger partial charge in [0.15, 0.2) is 0 Å². The van der Waals surface area contributed by atoms with Gasteiger partial charge in [-0.25, -0.2) is 0 Å². The third-order valence-electron chi connectivity index (χ3n) is 1.98. The minimum atomic E-state index is -2.64. The van der Waals surface area contributed by atoms with Gasteiger partial charge in [-0.1, -0.05) is 6.07 Å². The van der Waals surface area contributed by atoms with E-state index in [1.54, 1.807) is 0 Å². The highest BCUT2D eigenvalue weighted by Gasteiger charge is 2.15. The van der Waals surface area contributed by atoms with Gasteiger partial charge < -0.3 is 9.05 Å². The predicted octanol–water partition coefficient (Wildman–Crippen LogP) is 4.18. The Morgan fingerprint density at radius 2 is 2.00 bits per heavy atom. The molecule has 0 spiro atoms. The van der Waals surface area contributed by atoms with Crippen LogP contribution < -0.4 is 4.52 Å². The van der Waals surface area contributed by atoms with Gasteiger partial charge in [0.05, 0.1) is 6.61 Å². The fourth-order valence-corrected chi connectivity index (χ4v) is 2.91. The number of hydrogen-bond donors (Lipinski definition) is 0. The highest BCUT2D eigenvalue weighted by Crippen LogP contribution is 2.53. The molecule has 0 aliphatic carbocycles. The normalized spacial score (nSPS) is 14.7. The smallest absolute Gasteiger partial charge is 0.332 e. The molecule has 0 amide bonds. The molecule has 0 N–H and O–H groups in total. The van der Waals surface area contributed by atoms with Crippen LogP contribution in [0.2, 0.25) is 0 Å². The predicted molar refractivity (Wildman–Crippen MR) is 68.3 cm³/mol. The number of benzene rings is 1. The summed E-state index contributed by atoms with van der Waals surface area (Å²) in [4.78, 5) is 0. The van der Waals surface area contributed by atoms with E-state index in [-0.39, 0.29) is 0 Å². The number of rotatable bonds is 4. The molecule has 84 valence electrons. The molecule has 0 fully saturated rings. The number of aryl methyl sites for hydroxylation is 2. The van der Waals surface area contributed by atoms with Crippen molar-refractivity contribution >= 4 is 28.9 Å². The van der Waals surface area contributed by atoms with Gasteiger partial charge in [0.1, 0.15) is 5.75 Å².